The number of oxazole rings is 1. The van der Waals surface area contributed by atoms with Crippen molar-refractivity contribution in [3.63, 3.8) is 0 Å². The number of ether oxygens (including phenoxy) is 1. The van der Waals surface area contributed by atoms with Crippen LogP contribution in [0.5, 0.6) is 0 Å². The number of hydrogen-bond acceptors (Lipinski definition) is 6. The summed E-state index contributed by atoms with van der Waals surface area (Å²) in [5.41, 5.74) is 5.11. The van der Waals surface area contributed by atoms with Crippen LogP contribution in [0.15, 0.2) is 82.0 Å². The van der Waals surface area contributed by atoms with Crippen LogP contribution in [0.4, 0.5) is 10.5 Å². The Morgan fingerprint density at radius 3 is 2.23 bits per heavy atom. The molecule has 2 heterocycles. The Labute approximate surface area is 254 Å². The summed E-state index contributed by atoms with van der Waals surface area (Å²) in [7, 11) is 1.73. The van der Waals surface area contributed by atoms with Gasteiger partial charge in [-0.1, -0.05) is 75.4 Å². The summed E-state index contributed by atoms with van der Waals surface area (Å²) >= 11 is 0. The molecule has 0 saturated carbocycles. The van der Waals surface area contributed by atoms with E-state index < -0.39 is 23.6 Å². The summed E-state index contributed by atoms with van der Waals surface area (Å²) in [6.45, 7) is 16.2. The van der Waals surface area contributed by atoms with Crippen molar-refractivity contribution in [3.8, 4) is 11.1 Å². The van der Waals surface area contributed by atoms with E-state index in [-0.39, 0.29) is 5.41 Å². The third-order valence-corrected chi connectivity index (χ3v) is 9.36. The molecule has 0 radical (unpaired) electrons. The van der Waals surface area contributed by atoms with Gasteiger partial charge in [0.15, 0.2) is 11.8 Å². The molecule has 0 spiro atoms. The number of amides is 1. The van der Waals surface area contributed by atoms with E-state index in [4.69, 9.17) is 9.15 Å². The van der Waals surface area contributed by atoms with Gasteiger partial charge in [-0.15, -0.1) is 0 Å². The number of piperazine rings is 1. The molecule has 8 nitrogen and oxygen atoms in total. The van der Waals surface area contributed by atoms with Gasteiger partial charge in [0, 0.05) is 45.3 Å². The van der Waals surface area contributed by atoms with Crippen LogP contribution in [-0.2, 0) is 11.3 Å². The molecular weight excluding hydrogens is 540 g/mol. The maximum atomic E-state index is 13.1. The maximum Gasteiger partial charge on any atom is 0.423 e. The first kappa shape index (κ1) is 30.4. The summed E-state index contributed by atoms with van der Waals surface area (Å²) in [6.07, 6.45) is -1.33. The molecule has 1 atom stereocenters. The fourth-order valence-corrected chi connectivity index (χ4v) is 5.53. The van der Waals surface area contributed by atoms with E-state index in [9.17, 15) is 9.59 Å². The lowest BCUT2D eigenvalue weighted by Gasteiger charge is -2.45. The lowest BCUT2D eigenvalue weighted by atomic mass is 9.75. The van der Waals surface area contributed by atoms with E-state index in [1.807, 2.05) is 38.1 Å². The predicted octanol–water partition coefficient (Wildman–Crippen LogP) is 7.00. The average molecular weight is 585 g/mol. The van der Waals surface area contributed by atoms with Crippen LogP contribution in [0.1, 0.15) is 53.3 Å². The molecule has 1 unspecified atom stereocenters. The highest BCUT2D eigenvalue weighted by atomic mass is 16.6. The first-order valence-electron chi connectivity index (χ1n) is 15.1. The number of aromatic nitrogens is 1. The van der Waals surface area contributed by atoms with Crippen molar-refractivity contribution >= 4 is 22.9 Å². The molecule has 0 N–H and O–H groups in total. The Bertz CT molecular complexity index is 1630. The monoisotopic (exact) mass is 584 g/mol. The van der Waals surface area contributed by atoms with Crippen molar-refractivity contribution in [2.24, 2.45) is 5.41 Å². The Balaban J connectivity index is 1.27. The summed E-state index contributed by atoms with van der Waals surface area (Å²) in [5.74, 6) is -0.544. The summed E-state index contributed by atoms with van der Waals surface area (Å²) in [5, 5.41) is 0. The lowest BCUT2D eigenvalue weighted by Crippen LogP contribution is -2.53. The minimum absolute atomic E-state index is 0.172. The van der Waals surface area contributed by atoms with Gasteiger partial charge >= 0.3 is 11.8 Å². The highest BCUT2D eigenvalue weighted by Crippen LogP contribution is 2.35. The molecule has 0 bridgehead atoms. The molecule has 1 amide bonds. The van der Waals surface area contributed by atoms with Crippen LogP contribution >= 0.6 is 0 Å². The standard InChI is InChI=1S/C35H44N4O4/c1-25(42-32(40)36(7)35(5,6)34(2,3)4)39-30-18-12-17-29(31(30)43-33(39)41)38-21-19-37(20-22-38)24-26-13-11-16-28(23-26)27-14-9-8-10-15-27/h8-18,23,25H,19-22,24H2,1-7H3. The van der Waals surface area contributed by atoms with Crippen LogP contribution in [-0.4, -0.2) is 59.2 Å². The van der Waals surface area contributed by atoms with Gasteiger partial charge in [-0.3, -0.25) is 4.90 Å². The smallest absolute Gasteiger partial charge is 0.423 e. The van der Waals surface area contributed by atoms with Gasteiger partial charge in [0.05, 0.1) is 11.2 Å². The van der Waals surface area contributed by atoms with Crippen LogP contribution in [0.2, 0.25) is 0 Å². The minimum atomic E-state index is -0.835. The zero-order valence-electron chi connectivity index (χ0n) is 26.5. The van der Waals surface area contributed by atoms with E-state index in [0.29, 0.717) is 11.1 Å². The predicted molar refractivity (Wildman–Crippen MR) is 172 cm³/mol. The Hall–Kier alpha value is -4.04. The second-order valence-corrected chi connectivity index (χ2v) is 13.0. The topological polar surface area (TPSA) is 71.2 Å². The van der Waals surface area contributed by atoms with Gasteiger partial charge in [-0.25, -0.2) is 14.2 Å². The molecule has 0 aliphatic carbocycles. The van der Waals surface area contributed by atoms with Gasteiger partial charge in [0.25, 0.3) is 0 Å². The third kappa shape index (κ3) is 6.20. The number of fused-ring (bicyclic) bond motifs is 1. The molecule has 5 rings (SSSR count). The van der Waals surface area contributed by atoms with Crippen LogP contribution in [0.25, 0.3) is 22.2 Å². The Kier molecular flexibility index (Phi) is 8.43. The molecule has 8 heteroatoms. The Morgan fingerprint density at radius 2 is 1.56 bits per heavy atom. The fourth-order valence-electron chi connectivity index (χ4n) is 5.53. The summed E-state index contributed by atoms with van der Waals surface area (Å²) in [6, 6.07) is 25.0. The second-order valence-electron chi connectivity index (χ2n) is 13.0. The van der Waals surface area contributed by atoms with E-state index in [0.717, 1.165) is 38.4 Å². The molecule has 1 aliphatic rings. The SMILES string of the molecule is CC(OC(=O)N(C)C(C)(C)C(C)(C)C)n1c(=O)oc2c(N3CCN(Cc4cccc(-c5ccccc5)c4)CC3)cccc21. The highest BCUT2D eigenvalue weighted by molar-refractivity contribution is 5.87. The molecular formula is C35H44N4O4. The van der Waals surface area contributed by atoms with Crippen molar-refractivity contribution in [1.82, 2.24) is 14.4 Å². The number of hydrogen-bond donors (Lipinski definition) is 0. The Morgan fingerprint density at radius 1 is 0.907 bits per heavy atom. The molecule has 43 heavy (non-hydrogen) atoms. The van der Waals surface area contributed by atoms with Crippen molar-refractivity contribution in [2.75, 3.05) is 38.1 Å². The van der Waals surface area contributed by atoms with Crippen molar-refractivity contribution in [1.29, 1.82) is 0 Å². The first-order chi connectivity index (χ1) is 20.4. The van der Waals surface area contributed by atoms with Crippen molar-refractivity contribution < 1.29 is 13.9 Å². The van der Waals surface area contributed by atoms with Gasteiger partial charge in [-0.05, 0) is 61.1 Å². The van der Waals surface area contributed by atoms with Gasteiger partial charge in [-0.2, -0.15) is 0 Å². The second kappa shape index (κ2) is 11.9. The number of anilines is 1. The van der Waals surface area contributed by atoms with Crippen LogP contribution in [0, 0.1) is 5.41 Å². The number of carbonyl (C=O) groups is 1. The quantitative estimate of drug-likeness (QED) is 0.233. The first-order valence-corrected chi connectivity index (χ1v) is 15.1. The normalized spacial score (nSPS) is 15.5. The van der Waals surface area contributed by atoms with Gasteiger partial charge < -0.3 is 19.0 Å². The van der Waals surface area contributed by atoms with Crippen LogP contribution in [0.3, 0.4) is 0 Å². The zero-order chi connectivity index (χ0) is 30.9. The fraction of sp³-hybridized carbons (Fsp3) is 0.429. The molecule has 1 saturated heterocycles. The number of benzene rings is 3. The molecule has 1 aliphatic heterocycles. The third-order valence-electron chi connectivity index (χ3n) is 9.36. The molecule has 1 fully saturated rings. The number of para-hydroxylation sites is 1. The minimum Gasteiger partial charge on any atom is -0.425 e. The van der Waals surface area contributed by atoms with Crippen LogP contribution < -0.4 is 10.7 Å². The summed E-state index contributed by atoms with van der Waals surface area (Å²) in [4.78, 5) is 32.5. The highest BCUT2D eigenvalue weighted by Gasteiger charge is 2.40. The van der Waals surface area contributed by atoms with E-state index in [1.54, 1.807) is 18.9 Å². The van der Waals surface area contributed by atoms with E-state index >= 15 is 0 Å². The molecule has 4 aromatic rings. The van der Waals surface area contributed by atoms with E-state index in [1.165, 1.54) is 21.3 Å². The molecule has 3 aromatic carbocycles. The maximum absolute atomic E-state index is 13.1. The molecule has 228 valence electrons. The largest absolute Gasteiger partial charge is 0.425 e. The van der Waals surface area contributed by atoms with Gasteiger partial charge in [0.2, 0.25) is 0 Å². The number of nitrogens with zero attached hydrogens (tertiary/aromatic N) is 4. The van der Waals surface area contributed by atoms with Crippen molar-refractivity contribution in [2.45, 2.75) is 59.9 Å². The zero-order valence-corrected chi connectivity index (χ0v) is 26.5. The van der Waals surface area contributed by atoms with Crippen molar-refractivity contribution in [3.05, 3.63) is 88.9 Å². The van der Waals surface area contributed by atoms with E-state index in [2.05, 4.69) is 79.1 Å². The summed E-state index contributed by atoms with van der Waals surface area (Å²) < 4.78 is 13.0. The number of carbonyl (C=O) groups excluding carboxylic acids is 1. The molecule has 1 aromatic heterocycles. The number of rotatable bonds is 7. The lowest BCUT2D eigenvalue weighted by molar-refractivity contribution is -0.00557. The average Bonchev–Trinajstić information content (AvgIpc) is 3.33. The van der Waals surface area contributed by atoms with Gasteiger partial charge in [0.1, 0.15) is 0 Å².